The van der Waals surface area contributed by atoms with Crippen LogP contribution in [0.1, 0.15) is 4.88 Å². The first-order chi connectivity index (χ1) is 10.6. The average molecular weight is 338 g/mol. The van der Waals surface area contributed by atoms with E-state index in [-0.39, 0.29) is 0 Å². The van der Waals surface area contributed by atoms with Crippen LogP contribution in [0, 0.1) is 0 Å². The van der Waals surface area contributed by atoms with Crippen molar-refractivity contribution in [3.63, 3.8) is 0 Å². The van der Waals surface area contributed by atoms with Crippen LogP contribution in [0.15, 0.2) is 40.8 Å². The summed E-state index contributed by atoms with van der Waals surface area (Å²) < 4.78 is 5.00. The van der Waals surface area contributed by atoms with Crippen molar-refractivity contribution in [3.8, 4) is 5.75 Å². The normalized spacial score (nSPS) is 10.5. The number of carbonyl (C=O) groups is 2. The lowest BCUT2D eigenvalue weighted by atomic mass is 10.3. The number of nitrogens with one attached hydrogen (secondary N) is 2. The molecule has 0 atom stereocenters. The van der Waals surface area contributed by atoms with Crippen LogP contribution in [-0.2, 0) is 9.59 Å². The van der Waals surface area contributed by atoms with Gasteiger partial charge >= 0.3 is 11.8 Å². The standard InChI is InChI=1S/C14H12ClN3O3S/c1-21-12-5-4-9(7-11(12)15)17-13(19)14(20)18-16-8-10-3-2-6-22-10/h2-8H,1H3,(H,17,19)(H,18,20)/b16-8-. The molecule has 2 aromatic rings. The average Bonchev–Trinajstić information content (AvgIpc) is 3.00. The van der Waals surface area contributed by atoms with E-state index in [1.807, 2.05) is 17.5 Å². The molecule has 0 saturated heterocycles. The fourth-order valence-corrected chi connectivity index (χ4v) is 2.34. The number of benzene rings is 1. The number of amides is 2. The van der Waals surface area contributed by atoms with E-state index in [4.69, 9.17) is 16.3 Å². The van der Waals surface area contributed by atoms with Crippen LogP contribution in [0.4, 0.5) is 5.69 Å². The Labute approximate surface area is 135 Å². The smallest absolute Gasteiger partial charge is 0.329 e. The van der Waals surface area contributed by atoms with E-state index < -0.39 is 11.8 Å². The molecule has 2 amide bonds. The van der Waals surface area contributed by atoms with Crippen LogP contribution in [0.25, 0.3) is 0 Å². The molecule has 1 aromatic carbocycles. The third-order valence-electron chi connectivity index (χ3n) is 2.52. The van der Waals surface area contributed by atoms with Crippen LogP contribution in [0.5, 0.6) is 5.75 Å². The van der Waals surface area contributed by atoms with Crippen LogP contribution < -0.4 is 15.5 Å². The molecule has 8 heteroatoms. The summed E-state index contributed by atoms with van der Waals surface area (Å²) in [6, 6.07) is 8.34. The van der Waals surface area contributed by atoms with Crippen LogP contribution >= 0.6 is 22.9 Å². The summed E-state index contributed by atoms with van der Waals surface area (Å²) >= 11 is 7.40. The predicted molar refractivity (Wildman–Crippen MR) is 86.7 cm³/mol. The summed E-state index contributed by atoms with van der Waals surface area (Å²) in [6.45, 7) is 0. The van der Waals surface area contributed by atoms with E-state index in [0.29, 0.717) is 16.5 Å². The van der Waals surface area contributed by atoms with E-state index in [1.165, 1.54) is 30.7 Å². The molecule has 1 aromatic heterocycles. The molecule has 114 valence electrons. The van der Waals surface area contributed by atoms with Crippen molar-refractivity contribution in [1.29, 1.82) is 0 Å². The Hall–Kier alpha value is -2.38. The Morgan fingerprint density at radius 3 is 2.77 bits per heavy atom. The fourth-order valence-electron chi connectivity index (χ4n) is 1.50. The summed E-state index contributed by atoms with van der Waals surface area (Å²) in [4.78, 5) is 24.2. The molecule has 1 heterocycles. The number of anilines is 1. The van der Waals surface area contributed by atoms with E-state index in [9.17, 15) is 9.59 Å². The summed E-state index contributed by atoms with van der Waals surface area (Å²) in [7, 11) is 1.48. The monoisotopic (exact) mass is 337 g/mol. The van der Waals surface area contributed by atoms with Crippen molar-refractivity contribution in [2.24, 2.45) is 5.10 Å². The number of rotatable bonds is 4. The highest BCUT2D eigenvalue weighted by Gasteiger charge is 2.13. The van der Waals surface area contributed by atoms with Crippen molar-refractivity contribution in [1.82, 2.24) is 5.43 Å². The van der Waals surface area contributed by atoms with Gasteiger partial charge in [-0.15, -0.1) is 11.3 Å². The molecule has 0 aliphatic heterocycles. The zero-order chi connectivity index (χ0) is 15.9. The predicted octanol–water partition coefficient (Wildman–Crippen LogP) is 2.50. The molecule has 6 nitrogen and oxygen atoms in total. The van der Waals surface area contributed by atoms with Crippen molar-refractivity contribution in [3.05, 3.63) is 45.6 Å². The number of hydrogen-bond acceptors (Lipinski definition) is 5. The maximum atomic E-state index is 11.7. The third kappa shape index (κ3) is 4.31. The zero-order valence-electron chi connectivity index (χ0n) is 11.5. The first-order valence-electron chi connectivity index (χ1n) is 6.11. The van der Waals surface area contributed by atoms with Gasteiger partial charge in [0.25, 0.3) is 0 Å². The second-order valence-corrected chi connectivity index (χ2v) is 5.40. The molecule has 0 fully saturated rings. The minimum Gasteiger partial charge on any atom is -0.495 e. The van der Waals surface area contributed by atoms with Gasteiger partial charge in [-0.25, -0.2) is 5.43 Å². The summed E-state index contributed by atoms with van der Waals surface area (Å²) in [6.07, 6.45) is 1.46. The number of hydrogen-bond donors (Lipinski definition) is 2. The quantitative estimate of drug-likeness (QED) is 0.511. The zero-order valence-corrected chi connectivity index (χ0v) is 13.1. The van der Waals surface area contributed by atoms with Crippen LogP contribution in [0.3, 0.4) is 0 Å². The number of nitrogens with zero attached hydrogens (tertiary/aromatic N) is 1. The number of carbonyl (C=O) groups excluding carboxylic acids is 2. The highest BCUT2D eigenvalue weighted by Crippen LogP contribution is 2.27. The van der Waals surface area contributed by atoms with E-state index >= 15 is 0 Å². The van der Waals surface area contributed by atoms with Crippen LogP contribution in [0.2, 0.25) is 5.02 Å². The molecule has 0 radical (unpaired) electrons. The highest BCUT2D eigenvalue weighted by molar-refractivity contribution is 7.11. The SMILES string of the molecule is COc1ccc(NC(=O)C(=O)N/N=C\c2cccs2)cc1Cl. The Morgan fingerprint density at radius 2 is 2.14 bits per heavy atom. The third-order valence-corrected chi connectivity index (χ3v) is 3.62. The summed E-state index contributed by atoms with van der Waals surface area (Å²) in [5.41, 5.74) is 2.53. The van der Waals surface area contributed by atoms with Gasteiger partial charge < -0.3 is 10.1 Å². The van der Waals surface area contributed by atoms with Gasteiger partial charge in [0.05, 0.1) is 18.3 Å². The lowest BCUT2D eigenvalue weighted by molar-refractivity contribution is -0.136. The first kappa shape index (κ1) is 16.0. The molecule has 0 spiro atoms. The number of methoxy groups -OCH3 is 1. The lowest BCUT2D eigenvalue weighted by Gasteiger charge is -2.07. The highest BCUT2D eigenvalue weighted by atomic mass is 35.5. The molecule has 22 heavy (non-hydrogen) atoms. The second kappa shape index (κ2) is 7.58. The number of halogens is 1. The van der Waals surface area contributed by atoms with Gasteiger partial charge in [0.2, 0.25) is 0 Å². The molecular weight excluding hydrogens is 326 g/mol. The molecule has 0 bridgehead atoms. The number of hydrazone groups is 1. The molecule has 0 aliphatic rings. The Kier molecular flexibility index (Phi) is 5.51. The van der Waals surface area contributed by atoms with Gasteiger partial charge in [-0.05, 0) is 29.6 Å². The first-order valence-corrected chi connectivity index (χ1v) is 7.37. The van der Waals surface area contributed by atoms with E-state index in [2.05, 4.69) is 15.8 Å². The van der Waals surface area contributed by atoms with Crippen molar-refractivity contribution in [2.45, 2.75) is 0 Å². The number of ether oxygens (including phenoxy) is 1. The molecule has 2 rings (SSSR count). The van der Waals surface area contributed by atoms with Gasteiger partial charge in [0, 0.05) is 10.6 Å². The van der Waals surface area contributed by atoms with Gasteiger partial charge in [0.1, 0.15) is 5.75 Å². The largest absolute Gasteiger partial charge is 0.495 e. The second-order valence-electron chi connectivity index (χ2n) is 4.02. The molecular formula is C14H12ClN3O3S. The fraction of sp³-hybridized carbons (Fsp3) is 0.0714. The van der Waals surface area contributed by atoms with Crippen molar-refractivity contribution >= 4 is 46.7 Å². The maximum absolute atomic E-state index is 11.7. The molecule has 0 saturated carbocycles. The van der Waals surface area contributed by atoms with Crippen molar-refractivity contribution < 1.29 is 14.3 Å². The van der Waals surface area contributed by atoms with Crippen molar-refractivity contribution in [2.75, 3.05) is 12.4 Å². The van der Waals surface area contributed by atoms with Crippen LogP contribution in [-0.4, -0.2) is 25.1 Å². The number of thiophene rings is 1. The molecule has 2 N–H and O–H groups in total. The summed E-state index contributed by atoms with van der Waals surface area (Å²) in [5, 5.41) is 8.32. The van der Waals surface area contributed by atoms with Gasteiger partial charge in [-0.1, -0.05) is 17.7 Å². The van der Waals surface area contributed by atoms with E-state index in [1.54, 1.807) is 12.1 Å². The van der Waals surface area contributed by atoms with Gasteiger partial charge in [0.15, 0.2) is 0 Å². The van der Waals surface area contributed by atoms with E-state index in [0.717, 1.165) is 4.88 Å². The lowest BCUT2D eigenvalue weighted by Crippen LogP contribution is -2.32. The summed E-state index contributed by atoms with van der Waals surface area (Å²) in [5.74, 6) is -1.24. The minimum atomic E-state index is -0.875. The minimum absolute atomic E-state index is 0.330. The van der Waals surface area contributed by atoms with Gasteiger partial charge in [-0.3, -0.25) is 9.59 Å². The maximum Gasteiger partial charge on any atom is 0.329 e. The van der Waals surface area contributed by atoms with Gasteiger partial charge in [-0.2, -0.15) is 5.10 Å². The Balaban J connectivity index is 1.91. The molecule has 0 unspecified atom stereocenters. The molecule has 0 aliphatic carbocycles. The topological polar surface area (TPSA) is 79.8 Å². The Bertz CT molecular complexity index is 701. The Morgan fingerprint density at radius 1 is 1.32 bits per heavy atom.